The van der Waals surface area contributed by atoms with Gasteiger partial charge in [0, 0.05) is 0 Å². The lowest BCUT2D eigenvalue weighted by Gasteiger charge is -1.82. The Morgan fingerprint density at radius 1 is 1.55 bits per heavy atom. The third kappa shape index (κ3) is 3.27. The fraction of sp³-hybridized carbons (Fsp3) is 0.222. The standard InChI is InChI=1S/C7H4O2.C2H6/c8-7(9)6-4-2-1-3-5-6;1-2/h1-2,4H,(H,8,9);1-2H3. The van der Waals surface area contributed by atoms with Crippen molar-refractivity contribution in [3.8, 4) is 0 Å². The van der Waals surface area contributed by atoms with Crippen molar-refractivity contribution in [1.29, 1.82) is 0 Å². The fourth-order valence-corrected chi connectivity index (χ4v) is 0.478. The zero-order valence-electron chi connectivity index (χ0n) is 6.59. The van der Waals surface area contributed by atoms with Crippen LogP contribution in [0.1, 0.15) is 24.2 Å². The molecule has 2 heteroatoms. The second-order valence-electron chi connectivity index (χ2n) is 1.51. The van der Waals surface area contributed by atoms with Crippen LogP contribution in [0.2, 0.25) is 0 Å². The molecule has 0 radical (unpaired) electrons. The first kappa shape index (κ1) is 9.51. The van der Waals surface area contributed by atoms with Crippen LogP contribution in [0, 0.1) is 12.1 Å². The maximum atomic E-state index is 10.1. The van der Waals surface area contributed by atoms with Gasteiger partial charge in [-0.2, -0.15) is 0 Å². The minimum atomic E-state index is -0.966. The van der Waals surface area contributed by atoms with E-state index in [9.17, 15) is 4.79 Å². The molecule has 58 valence electrons. The molecule has 1 aromatic rings. The third-order valence-electron chi connectivity index (χ3n) is 0.880. The lowest BCUT2D eigenvalue weighted by molar-refractivity contribution is 0.0697. The van der Waals surface area contributed by atoms with Gasteiger partial charge in [-0.3, -0.25) is 0 Å². The Hall–Kier alpha value is -1.49. The van der Waals surface area contributed by atoms with Crippen molar-refractivity contribution in [2.75, 3.05) is 0 Å². The van der Waals surface area contributed by atoms with E-state index in [0.717, 1.165) is 0 Å². The van der Waals surface area contributed by atoms with Crippen molar-refractivity contribution in [2.45, 2.75) is 13.8 Å². The lowest BCUT2D eigenvalue weighted by Crippen LogP contribution is -1.92. The second-order valence-corrected chi connectivity index (χ2v) is 1.51. The SMILES string of the molecule is CC.O=C(O)c1c#cccc1. The molecule has 0 amide bonds. The van der Waals surface area contributed by atoms with Gasteiger partial charge >= 0.3 is 5.97 Å². The summed E-state index contributed by atoms with van der Waals surface area (Å²) in [5.41, 5.74) is 0.150. The molecule has 0 aliphatic heterocycles. The Morgan fingerprint density at radius 3 is 2.45 bits per heavy atom. The van der Waals surface area contributed by atoms with Crippen LogP contribution in [0.4, 0.5) is 0 Å². The van der Waals surface area contributed by atoms with Crippen LogP contribution in [0.15, 0.2) is 18.2 Å². The van der Waals surface area contributed by atoms with Crippen LogP contribution < -0.4 is 0 Å². The van der Waals surface area contributed by atoms with Crippen LogP contribution >= 0.6 is 0 Å². The first-order chi connectivity index (χ1) is 5.30. The van der Waals surface area contributed by atoms with Gasteiger partial charge < -0.3 is 5.11 Å². The minimum Gasteiger partial charge on any atom is -0.477 e. The Balaban J connectivity index is 0.000000461. The van der Waals surface area contributed by atoms with Gasteiger partial charge in [-0.25, -0.2) is 4.79 Å². The summed E-state index contributed by atoms with van der Waals surface area (Å²) >= 11 is 0. The summed E-state index contributed by atoms with van der Waals surface area (Å²) in [6.07, 6.45) is 0. The Morgan fingerprint density at radius 2 is 2.18 bits per heavy atom. The van der Waals surface area contributed by atoms with Crippen molar-refractivity contribution in [1.82, 2.24) is 0 Å². The maximum Gasteiger partial charge on any atom is 0.344 e. The summed E-state index contributed by atoms with van der Waals surface area (Å²) in [6.45, 7) is 4.00. The monoisotopic (exact) mass is 150 g/mol. The molecule has 0 aliphatic carbocycles. The minimum absolute atomic E-state index is 0.150. The summed E-state index contributed by atoms with van der Waals surface area (Å²) in [5.74, 6) is -0.966. The quantitative estimate of drug-likeness (QED) is 0.664. The molecular weight excluding hydrogens is 140 g/mol. The molecule has 1 rings (SSSR count). The summed E-state index contributed by atoms with van der Waals surface area (Å²) in [6, 6.07) is 9.67. The molecule has 0 spiro atoms. The van der Waals surface area contributed by atoms with Gasteiger partial charge in [0.15, 0.2) is 0 Å². The molecule has 0 saturated carbocycles. The number of carbonyl (C=O) groups is 1. The number of carboxylic acid groups (broad SMARTS) is 1. The van der Waals surface area contributed by atoms with Crippen molar-refractivity contribution < 1.29 is 9.90 Å². The van der Waals surface area contributed by atoms with Crippen LogP contribution in [0.25, 0.3) is 0 Å². The summed E-state index contributed by atoms with van der Waals surface area (Å²) in [5, 5.41) is 8.33. The van der Waals surface area contributed by atoms with Crippen LogP contribution in [-0.4, -0.2) is 11.1 Å². The van der Waals surface area contributed by atoms with Crippen molar-refractivity contribution >= 4 is 5.97 Å². The highest BCUT2D eigenvalue weighted by Crippen LogP contribution is 1.90. The fourth-order valence-electron chi connectivity index (χ4n) is 0.478. The van der Waals surface area contributed by atoms with Crippen molar-refractivity contribution in [2.24, 2.45) is 0 Å². The maximum absolute atomic E-state index is 10.1. The van der Waals surface area contributed by atoms with E-state index < -0.39 is 5.97 Å². The molecule has 0 unspecified atom stereocenters. The van der Waals surface area contributed by atoms with E-state index in [1.54, 1.807) is 12.1 Å². The molecule has 2 nitrogen and oxygen atoms in total. The van der Waals surface area contributed by atoms with Gasteiger partial charge in [0.2, 0.25) is 0 Å². The van der Waals surface area contributed by atoms with Gasteiger partial charge in [0.1, 0.15) is 5.56 Å². The van der Waals surface area contributed by atoms with Gasteiger partial charge in [-0.05, 0) is 12.1 Å². The number of aromatic carboxylic acids is 1. The first-order valence-corrected chi connectivity index (χ1v) is 3.42. The van der Waals surface area contributed by atoms with Gasteiger partial charge in [-0.1, -0.05) is 32.0 Å². The van der Waals surface area contributed by atoms with E-state index in [0.29, 0.717) is 0 Å². The molecule has 0 aliphatic rings. The van der Waals surface area contributed by atoms with Crippen molar-refractivity contribution in [3.05, 3.63) is 35.9 Å². The molecule has 0 atom stereocenters. The van der Waals surface area contributed by atoms with E-state index in [4.69, 9.17) is 5.11 Å². The highest BCUT2D eigenvalue weighted by molar-refractivity contribution is 5.86. The molecular formula is C9H10O2. The first-order valence-electron chi connectivity index (χ1n) is 3.42. The van der Waals surface area contributed by atoms with E-state index in [1.807, 2.05) is 13.8 Å². The molecule has 1 aromatic carbocycles. The molecule has 0 heterocycles. The molecule has 0 fully saturated rings. The Kier molecular flexibility index (Phi) is 4.59. The van der Waals surface area contributed by atoms with E-state index in [2.05, 4.69) is 12.1 Å². The zero-order chi connectivity index (χ0) is 8.69. The molecule has 1 N–H and O–H groups in total. The predicted molar refractivity (Wildman–Crippen MR) is 42.4 cm³/mol. The van der Waals surface area contributed by atoms with E-state index in [-0.39, 0.29) is 5.56 Å². The number of carboxylic acids is 1. The van der Waals surface area contributed by atoms with Crippen molar-refractivity contribution in [3.63, 3.8) is 0 Å². The topological polar surface area (TPSA) is 37.3 Å². The highest BCUT2D eigenvalue weighted by Gasteiger charge is 1.96. The van der Waals surface area contributed by atoms with Crippen LogP contribution in [0.5, 0.6) is 0 Å². The molecule has 0 saturated heterocycles. The van der Waals surface area contributed by atoms with Gasteiger partial charge in [0.05, 0.1) is 0 Å². The Bertz CT molecular complexity index is 204. The normalized spacial score (nSPS) is 7.09. The summed E-state index contributed by atoms with van der Waals surface area (Å²) in [7, 11) is 0. The number of hydrogen-bond acceptors (Lipinski definition) is 1. The average Bonchev–Trinajstić information content (AvgIpc) is 2.10. The van der Waals surface area contributed by atoms with Gasteiger partial charge in [0.25, 0.3) is 0 Å². The Labute approximate surface area is 66.5 Å². The zero-order valence-corrected chi connectivity index (χ0v) is 6.59. The third-order valence-corrected chi connectivity index (χ3v) is 0.880. The lowest BCUT2D eigenvalue weighted by atomic mass is 10.3. The summed E-state index contributed by atoms with van der Waals surface area (Å²) < 4.78 is 0. The molecule has 0 aromatic heterocycles. The number of hydrogen-bond donors (Lipinski definition) is 1. The van der Waals surface area contributed by atoms with Crippen LogP contribution in [-0.2, 0) is 0 Å². The van der Waals surface area contributed by atoms with E-state index >= 15 is 0 Å². The second kappa shape index (κ2) is 5.31. The van der Waals surface area contributed by atoms with Crippen LogP contribution in [0.3, 0.4) is 0 Å². The van der Waals surface area contributed by atoms with Gasteiger partial charge in [-0.15, -0.1) is 0 Å². The number of rotatable bonds is 1. The summed E-state index contributed by atoms with van der Waals surface area (Å²) in [4.78, 5) is 10.1. The molecule has 11 heavy (non-hydrogen) atoms. The predicted octanol–water partition coefficient (Wildman–Crippen LogP) is 2.01. The smallest absolute Gasteiger partial charge is 0.344 e. The average molecular weight is 150 g/mol. The highest BCUT2D eigenvalue weighted by atomic mass is 16.4. The largest absolute Gasteiger partial charge is 0.477 e. The van der Waals surface area contributed by atoms with E-state index in [1.165, 1.54) is 6.07 Å². The molecule has 0 bridgehead atoms.